The van der Waals surface area contributed by atoms with Gasteiger partial charge in [0.05, 0.1) is 23.0 Å². The van der Waals surface area contributed by atoms with Crippen molar-refractivity contribution in [3.63, 3.8) is 0 Å². The summed E-state index contributed by atoms with van der Waals surface area (Å²) in [6, 6.07) is 19.6. The Morgan fingerprint density at radius 1 is 0.971 bits per heavy atom. The van der Waals surface area contributed by atoms with Crippen molar-refractivity contribution in [1.82, 2.24) is 9.88 Å². The van der Waals surface area contributed by atoms with Crippen molar-refractivity contribution in [2.75, 3.05) is 49.5 Å². The molecule has 0 atom stereocenters. The third kappa shape index (κ3) is 6.95. The van der Waals surface area contributed by atoms with Crippen molar-refractivity contribution in [2.24, 2.45) is 0 Å². The lowest BCUT2D eigenvalue weighted by Crippen LogP contribution is -2.47. The molecule has 6 nitrogen and oxygen atoms in total. The van der Waals surface area contributed by atoms with Crippen molar-refractivity contribution in [3.8, 4) is 5.75 Å². The van der Waals surface area contributed by atoms with Gasteiger partial charge in [0.15, 0.2) is 0 Å². The number of rotatable bonds is 10. The van der Waals surface area contributed by atoms with E-state index >= 15 is 0 Å². The second-order valence-corrected chi connectivity index (χ2v) is 8.79. The normalized spacial score (nSPS) is 14.1. The quantitative estimate of drug-likeness (QED) is 0.420. The van der Waals surface area contributed by atoms with Crippen LogP contribution in [0.4, 0.5) is 11.4 Å². The first-order valence-electron chi connectivity index (χ1n) is 11.8. The number of hydrogen-bond acceptors (Lipinski definition) is 5. The van der Waals surface area contributed by atoms with Crippen LogP contribution >= 0.6 is 11.6 Å². The van der Waals surface area contributed by atoms with Crippen molar-refractivity contribution in [1.29, 1.82) is 0 Å². The van der Waals surface area contributed by atoms with Gasteiger partial charge in [-0.1, -0.05) is 35.9 Å². The van der Waals surface area contributed by atoms with Crippen LogP contribution in [0.25, 0.3) is 0 Å². The minimum atomic E-state index is -0.00815. The van der Waals surface area contributed by atoms with E-state index in [-0.39, 0.29) is 5.91 Å². The van der Waals surface area contributed by atoms with E-state index in [9.17, 15) is 4.79 Å². The SMILES string of the molecule is O=C(CCCOc1ccccc1Cl)Nc1ccccc1N1CCN(CCc2ccncc2)CC1. The van der Waals surface area contributed by atoms with Gasteiger partial charge in [0.25, 0.3) is 0 Å². The lowest BCUT2D eigenvalue weighted by atomic mass is 10.1. The highest BCUT2D eigenvalue weighted by Gasteiger charge is 2.19. The van der Waals surface area contributed by atoms with E-state index in [2.05, 4.69) is 38.3 Å². The van der Waals surface area contributed by atoms with Crippen LogP contribution in [0.2, 0.25) is 5.02 Å². The second kappa shape index (κ2) is 12.4. The molecule has 4 rings (SSSR count). The Morgan fingerprint density at radius 2 is 1.71 bits per heavy atom. The summed E-state index contributed by atoms with van der Waals surface area (Å²) in [5.74, 6) is 0.640. The molecule has 0 bridgehead atoms. The number of pyridine rings is 1. The van der Waals surface area contributed by atoms with Gasteiger partial charge in [0.1, 0.15) is 5.75 Å². The summed E-state index contributed by atoms with van der Waals surface area (Å²) in [5, 5.41) is 3.68. The standard InChI is InChI=1S/C27H31ClN4O2/c28-23-6-1-4-9-26(23)34-21-5-10-27(33)30-24-7-2-3-8-25(24)32-19-17-31(18-20-32)16-13-22-11-14-29-15-12-22/h1-4,6-9,11-12,14-15H,5,10,13,16-21H2,(H,30,33). The molecule has 1 aliphatic heterocycles. The first-order chi connectivity index (χ1) is 16.7. The first kappa shape index (κ1) is 24.0. The molecule has 1 saturated heterocycles. The number of carbonyl (C=O) groups excluding carboxylic acids is 1. The highest BCUT2D eigenvalue weighted by atomic mass is 35.5. The molecule has 7 heteroatoms. The fourth-order valence-corrected chi connectivity index (χ4v) is 4.28. The molecule has 34 heavy (non-hydrogen) atoms. The average molecular weight is 479 g/mol. The highest BCUT2D eigenvalue weighted by molar-refractivity contribution is 6.32. The van der Waals surface area contributed by atoms with Crippen LogP contribution in [0, 0.1) is 0 Å². The lowest BCUT2D eigenvalue weighted by Gasteiger charge is -2.37. The smallest absolute Gasteiger partial charge is 0.224 e. The predicted octanol–water partition coefficient (Wildman–Crippen LogP) is 4.90. The van der Waals surface area contributed by atoms with Crippen molar-refractivity contribution < 1.29 is 9.53 Å². The molecule has 0 radical (unpaired) electrons. The molecule has 0 saturated carbocycles. The van der Waals surface area contributed by atoms with Gasteiger partial charge in [-0.15, -0.1) is 0 Å². The largest absolute Gasteiger partial charge is 0.492 e. The topological polar surface area (TPSA) is 57.7 Å². The molecule has 1 fully saturated rings. The molecular weight excluding hydrogens is 448 g/mol. The summed E-state index contributed by atoms with van der Waals surface area (Å²) in [6.45, 7) is 5.38. The number of hydrogen-bond donors (Lipinski definition) is 1. The maximum atomic E-state index is 12.6. The molecule has 1 aliphatic rings. The van der Waals surface area contributed by atoms with Gasteiger partial charge in [-0.05, 0) is 54.8 Å². The molecule has 0 aliphatic carbocycles. The number of para-hydroxylation sites is 3. The Kier molecular flexibility index (Phi) is 8.77. The molecule has 2 heterocycles. The number of carbonyl (C=O) groups is 1. The van der Waals surface area contributed by atoms with Gasteiger partial charge in [-0.2, -0.15) is 0 Å². The molecule has 178 valence electrons. The van der Waals surface area contributed by atoms with Gasteiger partial charge in [-0.25, -0.2) is 0 Å². The predicted molar refractivity (Wildman–Crippen MR) is 138 cm³/mol. The molecule has 1 aromatic heterocycles. The zero-order valence-corrected chi connectivity index (χ0v) is 20.1. The van der Waals surface area contributed by atoms with Crippen LogP contribution in [0.3, 0.4) is 0 Å². The van der Waals surface area contributed by atoms with E-state index < -0.39 is 0 Å². The van der Waals surface area contributed by atoms with E-state index in [0.717, 1.165) is 50.5 Å². The molecule has 0 spiro atoms. The van der Waals surface area contributed by atoms with E-state index in [1.165, 1.54) is 5.56 Å². The summed E-state index contributed by atoms with van der Waals surface area (Å²) < 4.78 is 5.69. The number of ether oxygens (including phenoxy) is 1. The number of halogens is 1. The molecular formula is C27H31ClN4O2. The van der Waals surface area contributed by atoms with Crippen molar-refractivity contribution >= 4 is 28.9 Å². The Morgan fingerprint density at radius 3 is 2.50 bits per heavy atom. The number of anilines is 2. The van der Waals surface area contributed by atoms with Crippen LogP contribution in [0.1, 0.15) is 18.4 Å². The number of piperazine rings is 1. The van der Waals surface area contributed by atoms with Crippen LogP contribution in [-0.4, -0.2) is 55.1 Å². The van der Waals surface area contributed by atoms with Gasteiger partial charge in [-0.3, -0.25) is 14.7 Å². The van der Waals surface area contributed by atoms with E-state index in [4.69, 9.17) is 16.3 Å². The molecule has 1 N–H and O–H groups in total. The van der Waals surface area contributed by atoms with Crippen LogP contribution in [0.5, 0.6) is 5.75 Å². The van der Waals surface area contributed by atoms with Gasteiger partial charge in [0.2, 0.25) is 5.91 Å². The Balaban J connectivity index is 1.22. The monoisotopic (exact) mass is 478 g/mol. The summed E-state index contributed by atoms with van der Waals surface area (Å²) in [7, 11) is 0. The first-order valence-corrected chi connectivity index (χ1v) is 12.2. The Bertz CT molecular complexity index is 1060. The molecule has 0 unspecified atom stereocenters. The maximum absolute atomic E-state index is 12.6. The Hall–Kier alpha value is -3.09. The van der Waals surface area contributed by atoms with E-state index in [1.807, 2.05) is 48.8 Å². The summed E-state index contributed by atoms with van der Waals surface area (Å²) in [4.78, 5) is 21.5. The number of aromatic nitrogens is 1. The second-order valence-electron chi connectivity index (χ2n) is 8.38. The van der Waals surface area contributed by atoms with Crippen molar-refractivity contribution in [3.05, 3.63) is 83.6 Å². The third-order valence-electron chi connectivity index (χ3n) is 6.00. The lowest BCUT2D eigenvalue weighted by molar-refractivity contribution is -0.116. The number of nitrogens with zero attached hydrogens (tertiary/aromatic N) is 3. The van der Waals surface area contributed by atoms with Gasteiger partial charge < -0.3 is 15.0 Å². The zero-order chi connectivity index (χ0) is 23.6. The highest BCUT2D eigenvalue weighted by Crippen LogP contribution is 2.27. The van der Waals surface area contributed by atoms with Gasteiger partial charge >= 0.3 is 0 Å². The fourth-order valence-electron chi connectivity index (χ4n) is 4.09. The maximum Gasteiger partial charge on any atom is 0.224 e. The minimum Gasteiger partial charge on any atom is -0.492 e. The number of amides is 1. The van der Waals surface area contributed by atoms with Crippen LogP contribution < -0.4 is 15.0 Å². The third-order valence-corrected chi connectivity index (χ3v) is 6.31. The number of benzene rings is 2. The fraction of sp³-hybridized carbons (Fsp3) is 0.333. The Labute approximate surface area is 206 Å². The zero-order valence-electron chi connectivity index (χ0n) is 19.3. The summed E-state index contributed by atoms with van der Waals surface area (Å²) in [5.41, 5.74) is 3.27. The molecule has 1 amide bonds. The van der Waals surface area contributed by atoms with Crippen LogP contribution in [0.15, 0.2) is 73.1 Å². The van der Waals surface area contributed by atoms with Crippen molar-refractivity contribution in [2.45, 2.75) is 19.3 Å². The minimum absolute atomic E-state index is 0.00815. The van der Waals surface area contributed by atoms with Crippen LogP contribution in [-0.2, 0) is 11.2 Å². The average Bonchev–Trinajstić information content (AvgIpc) is 2.88. The van der Waals surface area contributed by atoms with E-state index in [1.54, 1.807) is 6.07 Å². The molecule has 2 aromatic carbocycles. The summed E-state index contributed by atoms with van der Waals surface area (Å²) >= 11 is 6.10. The van der Waals surface area contributed by atoms with E-state index in [0.29, 0.717) is 30.2 Å². The van der Waals surface area contributed by atoms with Gasteiger partial charge in [0, 0.05) is 51.5 Å². The molecule has 3 aromatic rings. The number of nitrogens with one attached hydrogen (secondary N) is 1. The summed E-state index contributed by atoms with van der Waals surface area (Å²) in [6.07, 6.45) is 5.75.